The first-order valence-corrected chi connectivity index (χ1v) is 5.89. The summed E-state index contributed by atoms with van der Waals surface area (Å²) >= 11 is 0. The molecule has 0 saturated carbocycles. The molecule has 1 unspecified atom stereocenters. The van der Waals surface area contributed by atoms with Crippen LogP contribution in [-0.4, -0.2) is 23.0 Å². The molecule has 0 aromatic heterocycles. The molecular formula is C11H23N3O2. The van der Waals surface area contributed by atoms with Crippen LogP contribution in [-0.2, 0) is 4.79 Å². The molecule has 1 amide bonds. The fraction of sp³-hybridized carbons (Fsp3) is 0.818. The highest BCUT2D eigenvalue weighted by molar-refractivity contribution is 5.81. The second-order valence-corrected chi connectivity index (χ2v) is 3.93. The van der Waals surface area contributed by atoms with Gasteiger partial charge in [0.2, 0.25) is 5.91 Å². The van der Waals surface area contributed by atoms with E-state index in [0.29, 0.717) is 12.8 Å². The van der Waals surface area contributed by atoms with Gasteiger partial charge in [0.05, 0.1) is 0 Å². The zero-order valence-electron chi connectivity index (χ0n) is 10.2. The Morgan fingerprint density at radius 3 is 2.62 bits per heavy atom. The largest absolute Gasteiger partial charge is 0.409 e. The van der Waals surface area contributed by atoms with Gasteiger partial charge < -0.3 is 16.3 Å². The second kappa shape index (κ2) is 9.00. The minimum Gasteiger partial charge on any atom is -0.409 e. The number of nitrogens with zero attached hydrogens (tertiary/aromatic N) is 1. The van der Waals surface area contributed by atoms with Crippen LogP contribution in [0.2, 0.25) is 0 Å². The third kappa shape index (κ3) is 7.09. The van der Waals surface area contributed by atoms with Crippen LogP contribution in [0.5, 0.6) is 0 Å². The van der Waals surface area contributed by atoms with Crippen molar-refractivity contribution in [3.8, 4) is 0 Å². The fourth-order valence-electron chi connectivity index (χ4n) is 1.43. The van der Waals surface area contributed by atoms with Crippen LogP contribution in [0.1, 0.15) is 52.4 Å². The van der Waals surface area contributed by atoms with Gasteiger partial charge in [0.25, 0.3) is 0 Å². The van der Waals surface area contributed by atoms with E-state index in [2.05, 4.69) is 17.4 Å². The molecule has 16 heavy (non-hydrogen) atoms. The van der Waals surface area contributed by atoms with Crippen molar-refractivity contribution in [3.63, 3.8) is 0 Å². The maximum absolute atomic E-state index is 11.5. The zero-order valence-corrected chi connectivity index (χ0v) is 10.2. The molecule has 0 heterocycles. The van der Waals surface area contributed by atoms with Crippen molar-refractivity contribution in [1.82, 2.24) is 5.32 Å². The first-order valence-electron chi connectivity index (χ1n) is 5.89. The molecule has 0 aliphatic rings. The number of unbranched alkanes of at least 4 members (excludes halogenated alkanes) is 2. The number of hydrogen-bond acceptors (Lipinski definition) is 3. The molecule has 0 saturated heterocycles. The first kappa shape index (κ1) is 14.7. The van der Waals surface area contributed by atoms with Crippen LogP contribution in [0.25, 0.3) is 0 Å². The van der Waals surface area contributed by atoms with Crippen LogP contribution >= 0.6 is 0 Å². The molecule has 4 N–H and O–H groups in total. The Hall–Kier alpha value is -1.26. The van der Waals surface area contributed by atoms with E-state index in [0.717, 1.165) is 25.7 Å². The van der Waals surface area contributed by atoms with Crippen LogP contribution in [0.15, 0.2) is 5.16 Å². The first-order chi connectivity index (χ1) is 7.63. The van der Waals surface area contributed by atoms with Gasteiger partial charge in [-0.2, -0.15) is 0 Å². The summed E-state index contributed by atoms with van der Waals surface area (Å²) in [5, 5.41) is 14.2. The van der Waals surface area contributed by atoms with E-state index in [-0.39, 0.29) is 17.8 Å². The Labute approximate surface area is 97.1 Å². The molecule has 0 spiro atoms. The normalized spacial score (nSPS) is 13.5. The van der Waals surface area contributed by atoms with Gasteiger partial charge >= 0.3 is 0 Å². The molecule has 0 radical (unpaired) electrons. The molecule has 5 nitrogen and oxygen atoms in total. The third-order valence-corrected chi connectivity index (χ3v) is 2.45. The van der Waals surface area contributed by atoms with Crippen molar-refractivity contribution in [2.45, 2.75) is 58.4 Å². The summed E-state index contributed by atoms with van der Waals surface area (Å²) in [6.07, 6.45) is 4.82. The van der Waals surface area contributed by atoms with E-state index in [4.69, 9.17) is 10.9 Å². The third-order valence-electron chi connectivity index (χ3n) is 2.45. The van der Waals surface area contributed by atoms with Crippen LogP contribution in [0.4, 0.5) is 0 Å². The van der Waals surface area contributed by atoms with Crippen molar-refractivity contribution in [3.05, 3.63) is 0 Å². The molecule has 0 fully saturated rings. The van der Waals surface area contributed by atoms with Gasteiger partial charge in [-0.25, -0.2) is 0 Å². The summed E-state index contributed by atoms with van der Waals surface area (Å²) in [6.45, 7) is 4.06. The van der Waals surface area contributed by atoms with E-state index in [1.165, 1.54) is 0 Å². The van der Waals surface area contributed by atoms with Gasteiger partial charge in [-0.1, -0.05) is 31.8 Å². The molecule has 0 aromatic rings. The summed E-state index contributed by atoms with van der Waals surface area (Å²) in [5.74, 6) is 0.201. The molecule has 0 aromatic carbocycles. The van der Waals surface area contributed by atoms with Gasteiger partial charge in [-0.05, 0) is 12.8 Å². The topological polar surface area (TPSA) is 87.7 Å². The Kier molecular flexibility index (Phi) is 8.29. The van der Waals surface area contributed by atoms with Gasteiger partial charge in [-0.3, -0.25) is 4.79 Å². The highest BCUT2D eigenvalue weighted by Crippen LogP contribution is 2.02. The standard InChI is InChI=1S/C11H23N3O2/c1-3-5-6-7-11(15)13-9(4-2)8-10(12)14-16/h9,16H,3-8H2,1-2H3,(H2,12,14)(H,13,15). The lowest BCUT2D eigenvalue weighted by Crippen LogP contribution is -2.37. The minimum absolute atomic E-state index is 0.0370. The average Bonchev–Trinajstić information content (AvgIpc) is 2.28. The van der Waals surface area contributed by atoms with E-state index in [1.54, 1.807) is 0 Å². The van der Waals surface area contributed by atoms with E-state index in [1.807, 2.05) is 6.92 Å². The van der Waals surface area contributed by atoms with Crippen molar-refractivity contribution in [2.75, 3.05) is 0 Å². The minimum atomic E-state index is -0.0370. The summed E-state index contributed by atoms with van der Waals surface area (Å²) in [4.78, 5) is 11.5. The predicted molar refractivity (Wildman–Crippen MR) is 64.4 cm³/mol. The number of amides is 1. The highest BCUT2D eigenvalue weighted by Gasteiger charge is 2.11. The van der Waals surface area contributed by atoms with Crippen molar-refractivity contribution < 1.29 is 10.0 Å². The summed E-state index contributed by atoms with van der Waals surface area (Å²) in [6, 6.07) is -0.0370. The number of nitrogens with two attached hydrogens (primary N) is 1. The van der Waals surface area contributed by atoms with Gasteiger partial charge in [0.15, 0.2) is 0 Å². The highest BCUT2D eigenvalue weighted by atomic mass is 16.4. The van der Waals surface area contributed by atoms with Crippen molar-refractivity contribution >= 4 is 11.7 Å². The van der Waals surface area contributed by atoms with Gasteiger partial charge in [0, 0.05) is 18.9 Å². The molecule has 0 aliphatic heterocycles. The lowest BCUT2D eigenvalue weighted by molar-refractivity contribution is -0.121. The number of nitrogens with one attached hydrogen (secondary N) is 1. The number of carbonyl (C=O) groups excluding carboxylic acids is 1. The number of oxime groups is 1. The van der Waals surface area contributed by atoms with E-state index in [9.17, 15) is 4.79 Å². The monoisotopic (exact) mass is 229 g/mol. The quantitative estimate of drug-likeness (QED) is 0.194. The Balaban J connectivity index is 3.88. The Bertz CT molecular complexity index is 229. The molecular weight excluding hydrogens is 206 g/mol. The average molecular weight is 229 g/mol. The molecule has 5 heteroatoms. The SMILES string of the molecule is CCCCCC(=O)NC(CC)CC(N)=NO. The Morgan fingerprint density at radius 2 is 2.12 bits per heavy atom. The molecule has 0 aliphatic carbocycles. The second-order valence-electron chi connectivity index (χ2n) is 3.93. The zero-order chi connectivity index (χ0) is 12.4. The molecule has 0 rings (SSSR count). The predicted octanol–water partition coefficient (Wildman–Crippen LogP) is 1.60. The lowest BCUT2D eigenvalue weighted by atomic mass is 10.1. The van der Waals surface area contributed by atoms with E-state index >= 15 is 0 Å². The summed E-state index contributed by atoms with van der Waals surface area (Å²) < 4.78 is 0. The molecule has 94 valence electrons. The van der Waals surface area contributed by atoms with E-state index < -0.39 is 0 Å². The maximum Gasteiger partial charge on any atom is 0.220 e. The smallest absolute Gasteiger partial charge is 0.220 e. The van der Waals surface area contributed by atoms with Crippen LogP contribution in [0.3, 0.4) is 0 Å². The van der Waals surface area contributed by atoms with Gasteiger partial charge in [-0.15, -0.1) is 0 Å². The van der Waals surface area contributed by atoms with Gasteiger partial charge in [0.1, 0.15) is 5.84 Å². The summed E-state index contributed by atoms with van der Waals surface area (Å²) in [5.41, 5.74) is 5.40. The molecule has 0 bridgehead atoms. The number of hydrogen-bond donors (Lipinski definition) is 3. The van der Waals surface area contributed by atoms with Crippen LogP contribution < -0.4 is 11.1 Å². The van der Waals surface area contributed by atoms with Crippen molar-refractivity contribution in [2.24, 2.45) is 10.9 Å². The number of rotatable bonds is 8. The van der Waals surface area contributed by atoms with Crippen LogP contribution in [0, 0.1) is 0 Å². The lowest BCUT2D eigenvalue weighted by Gasteiger charge is -2.15. The molecule has 1 atom stereocenters. The number of carbonyl (C=O) groups is 1. The summed E-state index contributed by atoms with van der Waals surface area (Å²) in [7, 11) is 0. The fourth-order valence-corrected chi connectivity index (χ4v) is 1.43. The Morgan fingerprint density at radius 1 is 1.44 bits per heavy atom. The maximum atomic E-state index is 11.5. The van der Waals surface area contributed by atoms with Crippen molar-refractivity contribution in [1.29, 1.82) is 0 Å². The number of amidine groups is 1.